The van der Waals surface area contributed by atoms with Crippen LogP contribution < -0.4 is 5.73 Å². The first-order valence-electron chi connectivity index (χ1n) is 13.6. The van der Waals surface area contributed by atoms with Crippen LogP contribution in [0.15, 0.2) is 121 Å². The molecule has 1 heterocycles. The van der Waals surface area contributed by atoms with E-state index in [-0.39, 0.29) is 11.8 Å². The monoisotopic (exact) mass is 503 g/mol. The average molecular weight is 504 g/mol. The first-order chi connectivity index (χ1) is 18.7. The second-order valence-electron chi connectivity index (χ2n) is 10.4. The zero-order valence-electron chi connectivity index (χ0n) is 22.0. The Labute approximate surface area is 226 Å². The van der Waals surface area contributed by atoms with E-state index in [0.717, 1.165) is 56.8 Å². The molecule has 0 aromatic heterocycles. The van der Waals surface area contributed by atoms with Gasteiger partial charge < -0.3 is 10.6 Å². The van der Waals surface area contributed by atoms with E-state index >= 15 is 0 Å². The zero-order chi connectivity index (χ0) is 26.2. The summed E-state index contributed by atoms with van der Waals surface area (Å²) in [6, 6.07) is 41.6. The Bertz CT molecular complexity index is 1200. The van der Waals surface area contributed by atoms with E-state index in [1.54, 1.807) is 0 Å². The van der Waals surface area contributed by atoms with E-state index < -0.39 is 5.41 Å². The molecule has 4 heteroatoms. The summed E-state index contributed by atoms with van der Waals surface area (Å²) in [5.41, 5.74) is 10.1. The minimum atomic E-state index is -0.842. The van der Waals surface area contributed by atoms with Crippen LogP contribution >= 0.6 is 0 Å². The van der Waals surface area contributed by atoms with E-state index in [1.165, 1.54) is 11.1 Å². The summed E-state index contributed by atoms with van der Waals surface area (Å²) in [7, 11) is 0. The molecule has 1 saturated heterocycles. The predicted octanol–water partition coefficient (Wildman–Crippen LogP) is 5.48. The first-order valence-corrected chi connectivity index (χ1v) is 13.6. The van der Waals surface area contributed by atoms with E-state index in [4.69, 9.17) is 5.73 Å². The summed E-state index contributed by atoms with van der Waals surface area (Å²) >= 11 is 0. The summed E-state index contributed by atoms with van der Waals surface area (Å²) in [5.74, 6) is -0.155. The van der Waals surface area contributed by atoms with Crippen LogP contribution in [0, 0.1) is 5.92 Å². The van der Waals surface area contributed by atoms with Gasteiger partial charge in [0.15, 0.2) is 0 Å². The molecule has 2 N–H and O–H groups in total. The Morgan fingerprint density at radius 3 is 1.63 bits per heavy atom. The molecule has 194 valence electrons. The number of carbonyl (C=O) groups is 1. The van der Waals surface area contributed by atoms with Gasteiger partial charge in [0, 0.05) is 32.7 Å². The van der Waals surface area contributed by atoms with Crippen LogP contribution in [0.3, 0.4) is 0 Å². The third-order valence-electron chi connectivity index (χ3n) is 7.96. The molecule has 0 aliphatic carbocycles. The average Bonchev–Trinajstić information content (AvgIpc) is 3.43. The number of carbonyl (C=O) groups excluding carboxylic acids is 1. The highest BCUT2D eigenvalue weighted by Gasteiger charge is 2.49. The van der Waals surface area contributed by atoms with Crippen molar-refractivity contribution in [1.82, 2.24) is 9.80 Å². The van der Waals surface area contributed by atoms with Crippen LogP contribution in [0.5, 0.6) is 0 Å². The molecule has 0 saturated carbocycles. The standard InChI is InChI=1S/C34H37N3O/c35-33(38)34(30-17-9-3-10-18-30,31-19-11-4-12-20-31)32-21-22-36(27-32)23-24-37(25-28-13-5-1-6-14-28)26-29-15-7-2-8-16-29/h1-20,32H,21-27H2,(H2,35,38). The number of likely N-dealkylation sites (tertiary alicyclic amines) is 1. The molecule has 38 heavy (non-hydrogen) atoms. The quantitative estimate of drug-likeness (QED) is 0.295. The van der Waals surface area contributed by atoms with Gasteiger partial charge in [-0.25, -0.2) is 0 Å². The van der Waals surface area contributed by atoms with Crippen LogP contribution in [0.1, 0.15) is 28.7 Å². The molecule has 1 aliphatic rings. The summed E-state index contributed by atoms with van der Waals surface area (Å²) < 4.78 is 0. The van der Waals surface area contributed by atoms with Gasteiger partial charge in [0.1, 0.15) is 5.41 Å². The molecule has 0 radical (unpaired) electrons. The molecule has 1 fully saturated rings. The zero-order valence-corrected chi connectivity index (χ0v) is 22.0. The second-order valence-corrected chi connectivity index (χ2v) is 10.4. The Hall–Kier alpha value is -3.73. The minimum Gasteiger partial charge on any atom is -0.369 e. The molecule has 1 amide bonds. The molecular weight excluding hydrogens is 466 g/mol. The molecule has 1 atom stereocenters. The number of nitrogens with zero attached hydrogens (tertiary/aromatic N) is 2. The highest BCUT2D eigenvalue weighted by atomic mass is 16.1. The van der Waals surface area contributed by atoms with Crippen molar-refractivity contribution in [1.29, 1.82) is 0 Å². The van der Waals surface area contributed by atoms with E-state index in [0.29, 0.717) is 0 Å². The predicted molar refractivity (Wildman–Crippen MR) is 154 cm³/mol. The number of primary amides is 1. The summed E-state index contributed by atoms with van der Waals surface area (Å²) in [4.78, 5) is 18.4. The minimum absolute atomic E-state index is 0.112. The van der Waals surface area contributed by atoms with Crippen molar-refractivity contribution in [2.75, 3.05) is 26.2 Å². The van der Waals surface area contributed by atoms with Crippen molar-refractivity contribution in [3.05, 3.63) is 144 Å². The molecule has 1 aliphatic heterocycles. The number of hydrogen-bond donors (Lipinski definition) is 1. The van der Waals surface area contributed by atoms with Crippen LogP contribution in [0.2, 0.25) is 0 Å². The van der Waals surface area contributed by atoms with Crippen molar-refractivity contribution >= 4 is 5.91 Å². The topological polar surface area (TPSA) is 49.6 Å². The molecule has 4 aromatic carbocycles. The third kappa shape index (κ3) is 5.72. The lowest BCUT2D eigenvalue weighted by molar-refractivity contribution is -0.123. The Balaban J connectivity index is 1.34. The van der Waals surface area contributed by atoms with Crippen LogP contribution in [-0.4, -0.2) is 41.9 Å². The normalized spacial score (nSPS) is 16.1. The number of benzene rings is 4. The van der Waals surface area contributed by atoms with Gasteiger partial charge in [0.25, 0.3) is 0 Å². The van der Waals surface area contributed by atoms with Crippen molar-refractivity contribution in [3.8, 4) is 0 Å². The number of amides is 1. The van der Waals surface area contributed by atoms with Crippen LogP contribution in [-0.2, 0) is 23.3 Å². The largest absolute Gasteiger partial charge is 0.369 e. The van der Waals surface area contributed by atoms with E-state index in [2.05, 4.69) is 94.7 Å². The molecule has 0 spiro atoms. The lowest BCUT2D eigenvalue weighted by Gasteiger charge is -2.37. The molecular formula is C34H37N3O. The Kier molecular flexibility index (Phi) is 8.32. The highest BCUT2D eigenvalue weighted by molar-refractivity contribution is 5.91. The van der Waals surface area contributed by atoms with Crippen LogP contribution in [0.4, 0.5) is 0 Å². The van der Waals surface area contributed by atoms with Gasteiger partial charge in [-0.05, 0) is 41.1 Å². The molecule has 5 rings (SSSR count). The Morgan fingerprint density at radius 1 is 0.737 bits per heavy atom. The second kappa shape index (κ2) is 12.2. The summed E-state index contributed by atoms with van der Waals surface area (Å²) in [5, 5.41) is 0. The van der Waals surface area contributed by atoms with E-state index in [1.807, 2.05) is 36.4 Å². The summed E-state index contributed by atoms with van der Waals surface area (Å²) in [6.45, 7) is 5.53. The van der Waals surface area contributed by atoms with Crippen molar-refractivity contribution < 1.29 is 4.79 Å². The fourth-order valence-electron chi connectivity index (χ4n) is 6.10. The van der Waals surface area contributed by atoms with Crippen LogP contribution in [0.25, 0.3) is 0 Å². The Morgan fingerprint density at radius 2 is 1.18 bits per heavy atom. The van der Waals surface area contributed by atoms with Crippen molar-refractivity contribution in [2.45, 2.75) is 24.9 Å². The highest BCUT2D eigenvalue weighted by Crippen LogP contribution is 2.43. The number of nitrogens with two attached hydrogens (primary N) is 1. The van der Waals surface area contributed by atoms with Gasteiger partial charge in [0.2, 0.25) is 5.91 Å². The first kappa shape index (κ1) is 25.9. The lowest BCUT2D eigenvalue weighted by atomic mass is 9.64. The fourth-order valence-corrected chi connectivity index (χ4v) is 6.10. The summed E-state index contributed by atoms with van der Waals surface area (Å²) in [6.07, 6.45) is 0.935. The molecule has 0 bridgehead atoms. The molecule has 4 aromatic rings. The van der Waals surface area contributed by atoms with Gasteiger partial charge >= 0.3 is 0 Å². The van der Waals surface area contributed by atoms with Crippen molar-refractivity contribution in [2.24, 2.45) is 11.7 Å². The maximum absolute atomic E-state index is 13.4. The third-order valence-corrected chi connectivity index (χ3v) is 7.96. The maximum atomic E-state index is 13.4. The van der Waals surface area contributed by atoms with Gasteiger partial charge in [-0.2, -0.15) is 0 Å². The number of rotatable bonds is 11. The van der Waals surface area contributed by atoms with Gasteiger partial charge in [0.05, 0.1) is 0 Å². The molecule has 4 nitrogen and oxygen atoms in total. The number of hydrogen-bond acceptors (Lipinski definition) is 3. The van der Waals surface area contributed by atoms with Gasteiger partial charge in [-0.1, -0.05) is 121 Å². The van der Waals surface area contributed by atoms with Gasteiger partial charge in [-0.3, -0.25) is 9.69 Å². The van der Waals surface area contributed by atoms with Crippen molar-refractivity contribution in [3.63, 3.8) is 0 Å². The smallest absolute Gasteiger partial charge is 0.232 e. The van der Waals surface area contributed by atoms with Gasteiger partial charge in [-0.15, -0.1) is 0 Å². The SMILES string of the molecule is NC(=O)C(c1ccccc1)(c1ccccc1)C1CCN(CCN(Cc2ccccc2)Cc2ccccc2)C1. The molecule has 1 unspecified atom stereocenters. The maximum Gasteiger partial charge on any atom is 0.232 e. The fraction of sp³-hybridized carbons (Fsp3) is 0.265. The lowest BCUT2D eigenvalue weighted by Crippen LogP contribution is -2.49. The van der Waals surface area contributed by atoms with E-state index in [9.17, 15) is 4.79 Å².